The first-order chi connectivity index (χ1) is 15.2. The van der Waals surface area contributed by atoms with Gasteiger partial charge in [-0.2, -0.15) is 0 Å². The predicted molar refractivity (Wildman–Crippen MR) is 120 cm³/mol. The molecule has 0 atom stereocenters. The second-order valence-electron chi connectivity index (χ2n) is 8.35. The molecule has 2 aliphatic heterocycles. The van der Waals surface area contributed by atoms with Crippen LogP contribution in [0.5, 0.6) is 0 Å². The maximum atomic E-state index is 13.6. The highest BCUT2D eigenvalue weighted by molar-refractivity contribution is 6.32. The number of carbonyl (C=O) groups excluding carboxylic acids is 2. The first kappa shape index (κ1) is 21.8. The number of fused-ring (bicyclic) bond motifs is 1. The second-order valence-corrected chi connectivity index (χ2v) is 8.35. The van der Waals surface area contributed by atoms with Gasteiger partial charge in [0.2, 0.25) is 0 Å². The van der Waals surface area contributed by atoms with Gasteiger partial charge in [0, 0.05) is 37.4 Å². The fraction of sp³-hybridized carbons (Fsp3) is 0.280. The Kier molecular flexibility index (Phi) is 5.60. The Balaban J connectivity index is 1.66. The van der Waals surface area contributed by atoms with Crippen molar-refractivity contribution in [1.82, 2.24) is 4.90 Å². The third-order valence-electron chi connectivity index (χ3n) is 5.68. The summed E-state index contributed by atoms with van der Waals surface area (Å²) in [5.74, 6) is -0.387. The molecule has 0 aliphatic carbocycles. The van der Waals surface area contributed by atoms with Gasteiger partial charge in [-0.1, -0.05) is 12.1 Å². The molecule has 0 spiro atoms. The van der Waals surface area contributed by atoms with Gasteiger partial charge in [0.1, 0.15) is 17.2 Å². The van der Waals surface area contributed by atoms with E-state index < -0.39 is 11.4 Å². The fourth-order valence-corrected chi connectivity index (χ4v) is 3.95. The quantitative estimate of drug-likeness (QED) is 0.717. The van der Waals surface area contributed by atoms with Crippen molar-refractivity contribution in [3.8, 4) is 0 Å². The van der Waals surface area contributed by atoms with Crippen LogP contribution in [0.15, 0.2) is 54.3 Å². The van der Waals surface area contributed by atoms with Crippen LogP contribution in [0, 0.1) is 5.82 Å². The molecule has 0 unspecified atom stereocenters. The Bertz CT molecular complexity index is 1150. The predicted octanol–water partition coefficient (Wildman–Crippen LogP) is 4.10. The highest BCUT2D eigenvalue weighted by atomic mass is 19.1. The van der Waals surface area contributed by atoms with Crippen molar-refractivity contribution in [1.29, 1.82) is 0 Å². The first-order valence-corrected chi connectivity index (χ1v) is 10.3. The first-order valence-electron chi connectivity index (χ1n) is 10.3. The third-order valence-corrected chi connectivity index (χ3v) is 5.68. The average molecular weight is 436 g/mol. The fourth-order valence-electron chi connectivity index (χ4n) is 3.95. The summed E-state index contributed by atoms with van der Waals surface area (Å²) in [7, 11) is 3.34. The van der Waals surface area contributed by atoms with E-state index in [1.54, 1.807) is 37.3 Å². The van der Waals surface area contributed by atoms with Crippen LogP contribution >= 0.6 is 0 Å². The minimum Gasteiger partial charge on any atom is -0.482 e. The maximum Gasteiger partial charge on any atom is 0.260 e. The molecule has 2 aliphatic rings. The summed E-state index contributed by atoms with van der Waals surface area (Å²) in [6, 6.07) is 11.5. The molecule has 6 nitrogen and oxygen atoms in total. The number of methoxy groups -OCH3 is 1. The molecular weight excluding hydrogens is 411 g/mol. The van der Waals surface area contributed by atoms with E-state index in [2.05, 4.69) is 5.32 Å². The number of allylic oxidation sites excluding steroid dienone is 1. The van der Waals surface area contributed by atoms with Crippen molar-refractivity contribution in [2.45, 2.75) is 19.4 Å². The number of likely N-dealkylation sites (N-methyl/N-ethyl adjacent to an activating group) is 1. The van der Waals surface area contributed by atoms with Crippen molar-refractivity contribution in [3.63, 3.8) is 0 Å². The molecule has 2 heterocycles. The molecule has 4 rings (SSSR count). The number of anilines is 1. The SMILES string of the molecule is COCCN(C)C(=O)c1ccc(C2=C/C(=C3\C(=O)Nc4cc(F)ccc43)OC2(C)C)cc1. The average Bonchev–Trinajstić information content (AvgIpc) is 3.25. The molecule has 0 fully saturated rings. The van der Waals surface area contributed by atoms with Gasteiger partial charge in [0.15, 0.2) is 0 Å². The number of carbonyl (C=O) groups is 2. The molecule has 2 aromatic rings. The Hall–Kier alpha value is -3.45. The van der Waals surface area contributed by atoms with Gasteiger partial charge in [0.25, 0.3) is 11.8 Å². The van der Waals surface area contributed by atoms with Crippen molar-refractivity contribution in [3.05, 3.63) is 76.8 Å². The lowest BCUT2D eigenvalue weighted by atomic mass is 9.91. The van der Waals surface area contributed by atoms with Crippen molar-refractivity contribution < 1.29 is 23.5 Å². The Morgan fingerprint density at radius 2 is 1.91 bits per heavy atom. The summed E-state index contributed by atoms with van der Waals surface area (Å²) < 4.78 is 24.7. The number of nitrogens with one attached hydrogen (secondary N) is 1. The lowest BCUT2D eigenvalue weighted by Crippen LogP contribution is -2.29. The lowest BCUT2D eigenvalue weighted by Gasteiger charge is -2.24. The Morgan fingerprint density at radius 3 is 2.59 bits per heavy atom. The molecule has 0 aromatic heterocycles. The normalized spacial score (nSPS) is 18.7. The second kappa shape index (κ2) is 8.24. The molecule has 0 bridgehead atoms. The lowest BCUT2D eigenvalue weighted by molar-refractivity contribution is -0.111. The monoisotopic (exact) mass is 436 g/mol. The van der Waals surface area contributed by atoms with Crippen molar-refractivity contribution >= 4 is 28.6 Å². The van der Waals surface area contributed by atoms with Gasteiger partial charge >= 0.3 is 0 Å². The van der Waals surface area contributed by atoms with E-state index in [4.69, 9.17) is 9.47 Å². The van der Waals surface area contributed by atoms with Gasteiger partial charge in [-0.3, -0.25) is 9.59 Å². The number of ether oxygens (including phenoxy) is 2. The smallest absolute Gasteiger partial charge is 0.260 e. The van der Waals surface area contributed by atoms with Gasteiger partial charge < -0.3 is 19.7 Å². The number of nitrogens with zero attached hydrogens (tertiary/aromatic N) is 1. The molecule has 2 aromatic carbocycles. The van der Waals surface area contributed by atoms with E-state index >= 15 is 0 Å². The van der Waals surface area contributed by atoms with Crippen LogP contribution in [0.2, 0.25) is 0 Å². The van der Waals surface area contributed by atoms with E-state index in [-0.39, 0.29) is 11.8 Å². The standard InChI is InChI=1S/C25H25FN2O4/c1-25(2)19(15-5-7-16(8-6-15)24(30)28(3)11-12-31-4)14-21(32-25)22-18-10-9-17(26)13-20(18)27-23(22)29/h5-10,13-14H,11-12H2,1-4H3,(H,27,29)/b22-21+. The molecular formula is C25H25FN2O4. The van der Waals surface area contributed by atoms with E-state index in [1.807, 2.05) is 32.1 Å². The van der Waals surface area contributed by atoms with Crippen molar-refractivity contribution in [2.24, 2.45) is 0 Å². The van der Waals surface area contributed by atoms with Crippen molar-refractivity contribution in [2.75, 3.05) is 32.6 Å². The number of benzene rings is 2. The molecule has 32 heavy (non-hydrogen) atoms. The van der Waals surface area contributed by atoms with Crippen LogP contribution in [-0.2, 0) is 14.3 Å². The zero-order chi connectivity index (χ0) is 23.0. The van der Waals surface area contributed by atoms with Crippen LogP contribution in [-0.4, -0.2) is 49.6 Å². The van der Waals surface area contributed by atoms with Crippen LogP contribution in [0.4, 0.5) is 10.1 Å². The van der Waals surface area contributed by atoms with Gasteiger partial charge in [-0.05, 0) is 55.8 Å². The highest BCUT2D eigenvalue weighted by Crippen LogP contribution is 2.44. The number of rotatable bonds is 5. The minimum atomic E-state index is -0.688. The molecule has 0 radical (unpaired) electrons. The molecule has 1 N–H and O–H groups in total. The third kappa shape index (κ3) is 3.91. The van der Waals surface area contributed by atoms with Crippen LogP contribution in [0.1, 0.15) is 35.3 Å². The summed E-state index contributed by atoms with van der Waals surface area (Å²) in [5, 5.41) is 2.70. The highest BCUT2D eigenvalue weighted by Gasteiger charge is 2.38. The Morgan fingerprint density at radius 1 is 1.19 bits per heavy atom. The summed E-state index contributed by atoms with van der Waals surface area (Å²) in [6.07, 6.45) is 1.84. The Labute approximate surface area is 186 Å². The molecule has 166 valence electrons. The largest absolute Gasteiger partial charge is 0.482 e. The maximum absolute atomic E-state index is 13.6. The van der Waals surface area contributed by atoms with Crippen LogP contribution < -0.4 is 5.32 Å². The number of halogens is 1. The molecule has 7 heteroatoms. The number of hydrogen-bond acceptors (Lipinski definition) is 4. The van der Waals surface area contributed by atoms with Crippen LogP contribution in [0.25, 0.3) is 11.1 Å². The topological polar surface area (TPSA) is 67.9 Å². The van der Waals surface area contributed by atoms with Gasteiger partial charge in [0.05, 0.1) is 17.9 Å². The van der Waals surface area contributed by atoms with Gasteiger partial charge in [-0.25, -0.2) is 4.39 Å². The van der Waals surface area contributed by atoms with Crippen LogP contribution in [0.3, 0.4) is 0 Å². The minimum absolute atomic E-state index is 0.0845. The summed E-state index contributed by atoms with van der Waals surface area (Å²) in [5.41, 5.74) is 3.09. The van der Waals surface area contributed by atoms with E-state index in [0.717, 1.165) is 11.1 Å². The molecule has 2 amide bonds. The summed E-state index contributed by atoms with van der Waals surface area (Å²) >= 11 is 0. The molecule has 0 saturated carbocycles. The zero-order valence-corrected chi connectivity index (χ0v) is 18.5. The van der Waals surface area contributed by atoms with Gasteiger partial charge in [-0.15, -0.1) is 0 Å². The van der Waals surface area contributed by atoms with E-state index in [1.165, 1.54) is 12.1 Å². The molecule has 0 saturated heterocycles. The number of amides is 2. The number of hydrogen-bond donors (Lipinski definition) is 1. The van der Waals surface area contributed by atoms with E-state index in [9.17, 15) is 14.0 Å². The van der Waals surface area contributed by atoms with E-state index in [0.29, 0.717) is 41.3 Å². The zero-order valence-electron chi connectivity index (χ0n) is 18.5. The summed E-state index contributed by atoms with van der Waals surface area (Å²) in [6.45, 7) is 4.82. The summed E-state index contributed by atoms with van der Waals surface area (Å²) in [4.78, 5) is 26.8.